The number of guanidine groups is 1. The van der Waals surface area contributed by atoms with Crippen LogP contribution in [-0.4, -0.2) is 77.8 Å². The molecule has 0 saturated carbocycles. The van der Waals surface area contributed by atoms with Crippen molar-refractivity contribution in [2.45, 2.75) is 13.8 Å². The first kappa shape index (κ1) is 28.0. The molecule has 0 amide bonds. The molecule has 204 valence electrons. The second kappa shape index (κ2) is 13.7. The van der Waals surface area contributed by atoms with Crippen LogP contribution < -0.4 is 20.1 Å². The third kappa shape index (κ3) is 8.49. The van der Waals surface area contributed by atoms with Gasteiger partial charge >= 0.3 is 0 Å². The van der Waals surface area contributed by atoms with Crippen molar-refractivity contribution in [1.29, 1.82) is 0 Å². The average molecular weight is 546 g/mol. The maximum atomic E-state index is 5.63. The normalized spacial score (nSPS) is 14.4. The summed E-state index contributed by atoms with van der Waals surface area (Å²) in [5.74, 6) is 2.41. The molecule has 0 unspecified atom stereocenters. The van der Waals surface area contributed by atoms with Crippen LogP contribution in [0.2, 0.25) is 0 Å². The monoisotopic (exact) mass is 545 g/mol. The summed E-state index contributed by atoms with van der Waals surface area (Å²) >= 11 is 5.63. The smallest absolute Gasteiger partial charge is 0.229 e. The largest absolute Gasteiger partial charge is 0.497 e. The molecule has 39 heavy (non-hydrogen) atoms. The van der Waals surface area contributed by atoms with Crippen LogP contribution in [0, 0.1) is 13.8 Å². The van der Waals surface area contributed by atoms with Gasteiger partial charge in [-0.3, -0.25) is 10.2 Å². The number of ether oxygens (including phenoxy) is 2. The van der Waals surface area contributed by atoms with E-state index in [-0.39, 0.29) is 0 Å². The summed E-state index contributed by atoms with van der Waals surface area (Å²) in [5, 5.41) is 6.79. The predicted molar refractivity (Wildman–Crippen MR) is 162 cm³/mol. The maximum Gasteiger partial charge on any atom is 0.229 e. The number of methoxy groups -OCH3 is 2. The number of nitrogens with zero attached hydrogens (tertiary/aromatic N) is 5. The number of rotatable bonds is 7. The summed E-state index contributed by atoms with van der Waals surface area (Å²) in [6.45, 7) is 8.13. The average Bonchev–Trinajstić information content (AvgIpc) is 2.93. The fourth-order valence-electron chi connectivity index (χ4n) is 4.23. The molecule has 4 rings (SSSR count). The summed E-state index contributed by atoms with van der Waals surface area (Å²) in [7, 11) is 3.22. The molecule has 0 aliphatic carbocycles. The van der Waals surface area contributed by atoms with E-state index in [1.165, 1.54) is 5.56 Å². The lowest BCUT2D eigenvalue weighted by atomic mass is 10.2. The number of thiocarbonyl (C=S) groups is 1. The minimum absolute atomic E-state index is 0.297. The topological polar surface area (TPSA) is 87.1 Å². The van der Waals surface area contributed by atoms with Crippen LogP contribution in [0.25, 0.3) is 6.08 Å². The molecule has 0 radical (unpaired) electrons. The van der Waals surface area contributed by atoms with Gasteiger partial charge in [-0.15, -0.1) is 0 Å². The zero-order valence-electron chi connectivity index (χ0n) is 22.8. The van der Waals surface area contributed by atoms with E-state index in [1.54, 1.807) is 20.3 Å². The van der Waals surface area contributed by atoms with Crippen molar-refractivity contribution >= 4 is 41.0 Å². The van der Waals surface area contributed by atoms with Gasteiger partial charge < -0.3 is 19.7 Å². The zero-order valence-corrected chi connectivity index (χ0v) is 23.7. The lowest BCUT2D eigenvalue weighted by molar-refractivity contribution is 0.198. The van der Waals surface area contributed by atoms with Crippen LogP contribution in [0.3, 0.4) is 0 Å². The molecule has 0 atom stereocenters. The lowest BCUT2D eigenvalue weighted by Gasteiger charge is -2.35. The van der Waals surface area contributed by atoms with Crippen LogP contribution in [0.4, 0.5) is 11.6 Å². The number of aryl methyl sites for hydroxylation is 2. The molecule has 10 heteroatoms. The molecular weight excluding hydrogens is 510 g/mol. The van der Waals surface area contributed by atoms with Crippen molar-refractivity contribution in [2.24, 2.45) is 4.99 Å². The predicted octanol–water partition coefficient (Wildman–Crippen LogP) is 4.61. The van der Waals surface area contributed by atoms with E-state index in [4.69, 9.17) is 26.7 Å². The van der Waals surface area contributed by atoms with Crippen LogP contribution in [0.1, 0.15) is 17.0 Å². The van der Waals surface area contributed by atoms with Crippen LogP contribution in [0.15, 0.2) is 65.7 Å². The van der Waals surface area contributed by atoms with Gasteiger partial charge in [-0.2, -0.15) is 4.99 Å². The Hall–Kier alpha value is -4.02. The number of hydrogen-bond acceptors (Lipinski definition) is 6. The summed E-state index contributed by atoms with van der Waals surface area (Å²) in [4.78, 5) is 18.4. The van der Waals surface area contributed by atoms with Crippen LogP contribution in [0.5, 0.6) is 11.5 Å². The van der Waals surface area contributed by atoms with Gasteiger partial charge in [0.05, 0.1) is 14.2 Å². The molecule has 3 aromatic rings. The van der Waals surface area contributed by atoms with Crippen molar-refractivity contribution in [2.75, 3.05) is 57.6 Å². The summed E-state index contributed by atoms with van der Waals surface area (Å²) in [6.07, 6.45) is 4.37. The number of hydrogen-bond donors (Lipinski definition) is 2. The van der Waals surface area contributed by atoms with Crippen molar-refractivity contribution in [3.63, 3.8) is 0 Å². The molecule has 1 aliphatic heterocycles. The molecule has 2 N–H and O–H groups in total. The Morgan fingerprint density at radius 1 is 0.923 bits per heavy atom. The molecule has 2 heterocycles. The third-order valence-corrected chi connectivity index (χ3v) is 6.35. The Morgan fingerprint density at radius 2 is 1.56 bits per heavy atom. The van der Waals surface area contributed by atoms with E-state index in [9.17, 15) is 0 Å². The molecule has 9 nitrogen and oxygen atoms in total. The van der Waals surface area contributed by atoms with Gasteiger partial charge in [0.2, 0.25) is 17.0 Å². The minimum atomic E-state index is 0.297. The molecule has 1 aromatic heterocycles. The molecule has 1 aliphatic rings. The molecular formula is C29H35N7O2S. The number of nitrogens with one attached hydrogen (secondary N) is 2. The molecule has 2 aromatic carbocycles. The van der Waals surface area contributed by atoms with Gasteiger partial charge in [-0.05, 0) is 37.7 Å². The van der Waals surface area contributed by atoms with E-state index in [1.807, 2.05) is 38.1 Å². The fourth-order valence-corrected chi connectivity index (χ4v) is 4.44. The first-order valence-corrected chi connectivity index (χ1v) is 13.2. The van der Waals surface area contributed by atoms with Crippen LogP contribution >= 0.6 is 12.2 Å². The number of anilines is 2. The molecule has 0 spiro atoms. The Bertz CT molecular complexity index is 1280. The first-order valence-electron chi connectivity index (χ1n) is 12.8. The maximum absolute atomic E-state index is 5.63. The van der Waals surface area contributed by atoms with Gasteiger partial charge in [0, 0.05) is 68.0 Å². The molecule has 1 fully saturated rings. The van der Waals surface area contributed by atoms with Gasteiger partial charge in [0.25, 0.3) is 0 Å². The van der Waals surface area contributed by atoms with E-state index in [0.29, 0.717) is 28.5 Å². The van der Waals surface area contributed by atoms with Crippen LogP contribution in [-0.2, 0) is 0 Å². The number of piperazine rings is 1. The van der Waals surface area contributed by atoms with E-state index >= 15 is 0 Å². The second-order valence-electron chi connectivity index (χ2n) is 9.17. The minimum Gasteiger partial charge on any atom is -0.497 e. The Morgan fingerprint density at radius 3 is 2.18 bits per heavy atom. The number of benzene rings is 2. The van der Waals surface area contributed by atoms with E-state index in [2.05, 4.69) is 66.8 Å². The van der Waals surface area contributed by atoms with Crippen molar-refractivity contribution in [1.82, 2.24) is 19.8 Å². The van der Waals surface area contributed by atoms with Crippen molar-refractivity contribution in [3.05, 3.63) is 77.6 Å². The summed E-state index contributed by atoms with van der Waals surface area (Å²) < 4.78 is 10.7. The number of aromatic nitrogens is 2. The van der Waals surface area contributed by atoms with Gasteiger partial charge in [0.15, 0.2) is 0 Å². The zero-order chi connectivity index (χ0) is 27.6. The Kier molecular flexibility index (Phi) is 9.82. The summed E-state index contributed by atoms with van der Waals surface area (Å²) in [6, 6.07) is 17.8. The quantitative estimate of drug-likeness (QED) is 0.251. The highest BCUT2D eigenvalue weighted by atomic mass is 32.1. The summed E-state index contributed by atoms with van der Waals surface area (Å²) in [5.41, 5.74) is 3.68. The highest BCUT2D eigenvalue weighted by Crippen LogP contribution is 2.26. The highest BCUT2D eigenvalue weighted by molar-refractivity contribution is 7.80. The van der Waals surface area contributed by atoms with Crippen molar-refractivity contribution in [3.8, 4) is 11.5 Å². The molecule has 1 saturated heterocycles. The van der Waals surface area contributed by atoms with Crippen molar-refractivity contribution < 1.29 is 9.47 Å². The Labute approximate surface area is 235 Å². The third-order valence-electron chi connectivity index (χ3n) is 6.16. The number of aliphatic imine (C=N–C) groups is 1. The van der Waals surface area contributed by atoms with Gasteiger partial charge in [-0.25, -0.2) is 9.97 Å². The molecule has 0 bridgehead atoms. The van der Waals surface area contributed by atoms with E-state index < -0.39 is 0 Å². The SMILES string of the molecule is COc1cc(NC(=S)/N=C(\Nc2nc(C)cc(C)n2)N2CCN(C/C=C/c3ccccc3)CC2)cc(OC)c1. The van der Waals surface area contributed by atoms with E-state index in [0.717, 1.165) is 49.8 Å². The highest BCUT2D eigenvalue weighted by Gasteiger charge is 2.21. The second-order valence-corrected chi connectivity index (χ2v) is 9.55. The first-order chi connectivity index (χ1) is 18.9. The Balaban J connectivity index is 1.47. The standard InChI is InChI=1S/C29H35N7O2S/c1-21-17-22(2)31-27(30-21)33-28(34-29(39)32-24-18-25(37-3)20-26(19-24)38-4)36-15-13-35(14-16-36)12-8-11-23-9-6-5-7-10-23/h5-11,17-20H,12-16H2,1-4H3,(H2,30,31,32,33,34,39)/b11-8+. The van der Waals surface area contributed by atoms with Gasteiger partial charge in [0.1, 0.15) is 11.5 Å². The fraction of sp³-hybridized carbons (Fsp3) is 0.310. The lowest BCUT2D eigenvalue weighted by Crippen LogP contribution is -2.51. The van der Waals surface area contributed by atoms with Gasteiger partial charge in [-0.1, -0.05) is 42.5 Å².